The number of hydrogen-bond donors (Lipinski definition) is 1. The Morgan fingerprint density at radius 2 is 1.92 bits per heavy atom. The zero-order valence-electron chi connectivity index (χ0n) is 20.7. The van der Waals surface area contributed by atoms with Crippen LogP contribution >= 0.6 is 0 Å². The molecule has 7 heteroatoms. The molecule has 7 nitrogen and oxygen atoms in total. The van der Waals surface area contributed by atoms with E-state index in [1.54, 1.807) is 30.6 Å². The number of fused-ring (bicyclic) bond motifs is 2. The minimum absolute atomic E-state index is 0.0134. The maximum Gasteiger partial charge on any atom is 0.255 e. The van der Waals surface area contributed by atoms with Gasteiger partial charge in [0.25, 0.3) is 5.91 Å². The lowest BCUT2D eigenvalue weighted by atomic mass is 10.0. The number of amides is 1. The van der Waals surface area contributed by atoms with Gasteiger partial charge in [-0.1, -0.05) is 0 Å². The quantitative estimate of drug-likeness (QED) is 0.361. The van der Waals surface area contributed by atoms with Crippen LogP contribution in [0.15, 0.2) is 65.4 Å². The number of nitrogens with zero attached hydrogens (tertiary/aromatic N) is 3. The van der Waals surface area contributed by atoms with Crippen molar-refractivity contribution in [3.05, 3.63) is 83.4 Å². The van der Waals surface area contributed by atoms with Gasteiger partial charge in [0.2, 0.25) is 0 Å². The molecule has 2 unspecified atom stereocenters. The Labute approximate surface area is 215 Å². The molecule has 186 valence electrons. The van der Waals surface area contributed by atoms with Crippen LogP contribution in [0.5, 0.6) is 0 Å². The lowest BCUT2D eigenvalue weighted by Crippen LogP contribution is -2.30. The fraction of sp³-hybridized carbons (Fsp3) is 0.267. The molecule has 4 aromatic rings. The molecule has 37 heavy (non-hydrogen) atoms. The topological polar surface area (TPSA) is 102 Å². The van der Waals surface area contributed by atoms with Gasteiger partial charge in [0.15, 0.2) is 5.78 Å². The molecule has 1 saturated carbocycles. The van der Waals surface area contributed by atoms with Gasteiger partial charge in [0, 0.05) is 49.3 Å². The van der Waals surface area contributed by atoms with Crippen molar-refractivity contribution in [2.75, 3.05) is 18.8 Å². The second-order valence-electron chi connectivity index (χ2n) is 10.1. The number of aryl methyl sites for hydroxylation is 2. The third-order valence-electron chi connectivity index (χ3n) is 7.31. The Kier molecular flexibility index (Phi) is 5.83. The molecular weight excluding hydrogens is 464 g/mol. The SMILES string of the molecule is Cc1cc(-c2ccc(C(=O)N3CC4CC4C3)cn2)cc2cc(CCC(=O)/C=C/c3ccc(N)nc3)oc12. The van der Waals surface area contributed by atoms with Crippen molar-refractivity contribution in [2.24, 2.45) is 11.8 Å². The number of hydrogen-bond acceptors (Lipinski definition) is 6. The van der Waals surface area contributed by atoms with Crippen molar-refractivity contribution < 1.29 is 14.0 Å². The van der Waals surface area contributed by atoms with E-state index >= 15 is 0 Å². The molecule has 1 aromatic carbocycles. The van der Waals surface area contributed by atoms with E-state index in [0.29, 0.717) is 36.1 Å². The second-order valence-corrected chi connectivity index (χ2v) is 10.1. The van der Waals surface area contributed by atoms with E-state index in [1.165, 1.54) is 6.42 Å². The van der Waals surface area contributed by atoms with Gasteiger partial charge in [-0.15, -0.1) is 0 Å². The number of nitrogen functional groups attached to an aromatic ring is 1. The van der Waals surface area contributed by atoms with Gasteiger partial charge >= 0.3 is 0 Å². The summed E-state index contributed by atoms with van der Waals surface area (Å²) in [5.41, 5.74) is 10.7. The van der Waals surface area contributed by atoms with Crippen LogP contribution in [0.2, 0.25) is 0 Å². The Hall–Kier alpha value is -4.26. The number of anilines is 1. The molecule has 2 N–H and O–H groups in total. The van der Waals surface area contributed by atoms with Crippen LogP contribution in [-0.2, 0) is 11.2 Å². The van der Waals surface area contributed by atoms with Crippen molar-refractivity contribution >= 4 is 34.6 Å². The third kappa shape index (κ3) is 4.89. The van der Waals surface area contributed by atoms with Crippen molar-refractivity contribution in [3.8, 4) is 11.3 Å². The predicted octanol–water partition coefficient (Wildman–Crippen LogP) is 5.09. The van der Waals surface area contributed by atoms with Crippen LogP contribution in [0.1, 0.15) is 40.1 Å². The van der Waals surface area contributed by atoms with E-state index in [9.17, 15) is 9.59 Å². The Balaban J connectivity index is 1.12. The fourth-order valence-corrected chi connectivity index (χ4v) is 5.12. The standard InChI is InChI=1S/C30H28N4O3/c1-18-10-21(27-8-4-20(15-32-27)30(36)34-16-23-12-24(23)17-34)11-22-13-26(37-29(18)22)7-6-25(35)5-2-19-3-9-28(31)33-14-19/h2-5,8-11,13-15,23-24H,6-7,12,16-17H2,1H3,(H2,31,33)/b5-2+. The van der Waals surface area contributed by atoms with Crippen molar-refractivity contribution in [2.45, 2.75) is 26.2 Å². The van der Waals surface area contributed by atoms with E-state index in [1.807, 2.05) is 48.2 Å². The first-order valence-corrected chi connectivity index (χ1v) is 12.6. The van der Waals surface area contributed by atoms with Gasteiger partial charge < -0.3 is 15.1 Å². The van der Waals surface area contributed by atoms with Gasteiger partial charge in [-0.25, -0.2) is 4.98 Å². The summed E-state index contributed by atoms with van der Waals surface area (Å²) in [5, 5.41) is 0.971. The van der Waals surface area contributed by atoms with E-state index in [2.05, 4.69) is 9.97 Å². The molecule has 3 aromatic heterocycles. The maximum atomic E-state index is 12.8. The summed E-state index contributed by atoms with van der Waals surface area (Å²) < 4.78 is 6.06. The number of benzene rings is 1. The van der Waals surface area contributed by atoms with Crippen molar-refractivity contribution in [1.82, 2.24) is 14.9 Å². The van der Waals surface area contributed by atoms with E-state index in [4.69, 9.17) is 10.2 Å². The monoisotopic (exact) mass is 492 g/mol. The molecule has 0 bridgehead atoms. The lowest BCUT2D eigenvalue weighted by molar-refractivity contribution is -0.114. The highest BCUT2D eigenvalue weighted by molar-refractivity contribution is 5.95. The van der Waals surface area contributed by atoms with Crippen molar-refractivity contribution in [1.29, 1.82) is 0 Å². The summed E-state index contributed by atoms with van der Waals surface area (Å²) in [5.74, 6) is 2.73. The summed E-state index contributed by atoms with van der Waals surface area (Å²) in [6.45, 7) is 3.77. The number of allylic oxidation sites excluding steroid dienone is 1. The number of pyridine rings is 2. The number of aromatic nitrogens is 2. The predicted molar refractivity (Wildman–Crippen MR) is 143 cm³/mol. The largest absolute Gasteiger partial charge is 0.461 e. The smallest absolute Gasteiger partial charge is 0.255 e. The first-order valence-electron chi connectivity index (χ1n) is 12.6. The van der Waals surface area contributed by atoms with Crippen LogP contribution in [0.25, 0.3) is 28.3 Å². The van der Waals surface area contributed by atoms with Gasteiger partial charge in [0.05, 0.1) is 11.3 Å². The molecule has 0 spiro atoms. The maximum absolute atomic E-state index is 12.8. The van der Waals surface area contributed by atoms with E-state index < -0.39 is 0 Å². The number of carbonyl (C=O) groups excluding carboxylic acids is 2. The number of piperidine rings is 1. The average Bonchev–Trinajstić information content (AvgIpc) is 3.30. The van der Waals surface area contributed by atoms with Gasteiger partial charge in [0.1, 0.15) is 17.2 Å². The van der Waals surface area contributed by atoms with E-state index in [-0.39, 0.29) is 11.7 Å². The van der Waals surface area contributed by atoms with Gasteiger partial charge in [-0.3, -0.25) is 14.6 Å². The highest BCUT2D eigenvalue weighted by Crippen LogP contribution is 2.45. The molecule has 1 aliphatic heterocycles. The molecule has 1 aliphatic carbocycles. The Bertz CT molecular complexity index is 1510. The fourth-order valence-electron chi connectivity index (χ4n) is 5.12. The molecular formula is C30H28N4O3. The number of likely N-dealkylation sites (tertiary alicyclic amines) is 1. The molecule has 1 saturated heterocycles. The van der Waals surface area contributed by atoms with E-state index in [0.717, 1.165) is 52.2 Å². The zero-order chi connectivity index (χ0) is 25.5. The summed E-state index contributed by atoms with van der Waals surface area (Å²) in [4.78, 5) is 35.7. The van der Waals surface area contributed by atoms with Gasteiger partial charge in [-0.05, 0) is 90.9 Å². The average molecular weight is 493 g/mol. The highest BCUT2D eigenvalue weighted by Gasteiger charge is 2.46. The minimum atomic E-state index is 0.0134. The summed E-state index contributed by atoms with van der Waals surface area (Å²) in [6.07, 6.45) is 8.75. The van der Waals surface area contributed by atoms with Crippen LogP contribution in [0.4, 0.5) is 5.82 Å². The molecule has 4 heterocycles. The number of furan rings is 1. The van der Waals surface area contributed by atoms with Gasteiger partial charge in [-0.2, -0.15) is 0 Å². The number of ketones is 1. The molecule has 2 atom stereocenters. The summed E-state index contributed by atoms with van der Waals surface area (Å²) in [6, 6.07) is 13.4. The number of nitrogens with two attached hydrogens (primary N) is 1. The number of rotatable bonds is 7. The van der Waals surface area contributed by atoms with Crippen LogP contribution in [0, 0.1) is 18.8 Å². The minimum Gasteiger partial charge on any atom is -0.461 e. The number of carbonyl (C=O) groups is 2. The Morgan fingerprint density at radius 3 is 2.65 bits per heavy atom. The molecule has 2 aliphatic rings. The molecule has 1 amide bonds. The summed E-state index contributed by atoms with van der Waals surface area (Å²) >= 11 is 0. The third-order valence-corrected chi connectivity index (χ3v) is 7.31. The first-order chi connectivity index (χ1) is 17.9. The highest BCUT2D eigenvalue weighted by atomic mass is 16.3. The lowest BCUT2D eigenvalue weighted by Gasteiger charge is -2.17. The molecule has 6 rings (SSSR count). The molecule has 0 radical (unpaired) electrons. The van der Waals surface area contributed by atoms with Crippen LogP contribution in [0.3, 0.4) is 0 Å². The summed E-state index contributed by atoms with van der Waals surface area (Å²) in [7, 11) is 0. The first kappa shape index (κ1) is 23.2. The molecule has 2 fully saturated rings. The van der Waals surface area contributed by atoms with Crippen LogP contribution < -0.4 is 5.73 Å². The Morgan fingerprint density at radius 1 is 1.08 bits per heavy atom. The van der Waals surface area contributed by atoms with Crippen molar-refractivity contribution in [3.63, 3.8) is 0 Å². The van der Waals surface area contributed by atoms with Crippen LogP contribution in [-0.4, -0.2) is 39.6 Å². The normalized spacial score (nSPS) is 18.5. The second kappa shape index (κ2) is 9.32. The zero-order valence-corrected chi connectivity index (χ0v) is 20.7.